The Morgan fingerprint density at radius 3 is 2.57 bits per heavy atom. The molecule has 1 aliphatic carbocycles. The molecule has 2 aromatic carbocycles. The van der Waals surface area contributed by atoms with Crippen molar-refractivity contribution in [3.05, 3.63) is 74.3 Å². The van der Waals surface area contributed by atoms with Crippen molar-refractivity contribution in [3.63, 3.8) is 0 Å². The number of thiophene rings is 1. The average molecular weight is 478 g/mol. The van der Waals surface area contributed by atoms with E-state index >= 15 is 0 Å². The Hall–Kier alpha value is -1.65. The van der Waals surface area contributed by atoms with E-state index in [2.05, 4.69) is 31.2 Å². The largest absolute Gasteiger partial charge is 1.00 e. The molecule has 1 nitrogen and oxygen atoms in total. The first-order valence-electron chi connectivity index (χ1n) is 9.68. The summed E-state index contributed by atoms with van der Waals surface area (Å²) < 4.78 is 14.2. The van der Waals surface area contributed by atoms with Crippen LogP contribution in [-0.2, 0) is 12.8 Å². The van der Waals surface area contributed by atoms with Crippen molar-refractivity contribution in [2.45, 2.75) is 32.6 Å². The lowest BCUT2D eigenvalue weighted by Gasteiger charge is -2.14. The number of halogens is 4. The van der Waals surface area contributed by atoms with Gasteiger partial charge < -0.3 is 12.4 Å². The smallest absolute Gasteiger partial charge is 0.142 e. The number of fused-ring (bicyclic) bond motifs is 3. The van der Waals surface area contributed by atoms with Crippen LogP contribution in [0.2, 0.25) is 10.0 Å². The first-order valence-corrected chi connectivity index (χ1v) is 11.3. The summed E-state index contributed by atoms with van der Waals surface area (Å²) in [5, 5.41) is 1.66. The number of pyridine rings is 1. The summed E-state index contributed by atoms with van der Waals surface area (Å²) in [6.07, 6.45) is 4.63. The van der Waals surface area contributed by atoms with E-state index < -0.39 is 5.82 Å². The molecule has 0 saturated heterocycles. The maximum Gasteiger partial charge on any atom is 0.142 e. The van der Waals surface area contributed by atoms with Crippen molar-refractivity contribution < 1.29 is 16.8 Å². The van der Waals surface area contributed by atoms with Gasteiger partial charge in [-0.25, -0.2) is 9.37 Å². The summed E-state index contributed by atoms with van der Waals surface area (Å²) >= 11 is 14.1. The third kappa shape index (κ3) is 3.73. The van der Waals surface area contributed by atoms with Gasteiger partial charge in [0.1, 0.15) is 10.6 Å². The molecule has 0 amide bonds. The first-order chi connectivity index (χ1) is 14.0. The van der Waals surface area contributed by atoms with Crippen LogP contribution in [0.25, 0.3) is 32.6 Å². The summed E-state index contributed by atoms with van der Waals surface area (Å²) in [6, 6.07) is 13.4. The fourth-order valence-electron chi connectivity index (χ4n) is 4.16. The van der Waals surface area contributed by atoms with Gasteiger partial charge in [-0.05, 0) is 67.5 Å². The van der Waals surface area contributed by atoms with Crippen LogP contribution in [0.15, 0.2) is 42.5 Å². The summed E-state index contributed by atoms with van der Waals surface area (Å²) in [7, 11) is 0. The molecule has 0 aliphatic heterocycles. The van der Waals surface area contributed by atoms with Crippen LogP contribution in [0, 0.1) is 12.7 Å². The maximum atomic E-state index is 14.2. The van der Waals surface area contributed by atoms with Gasteiger partial charge in [0.2, 0.25) is 0 Å². The van der Waals surface area contributed by atoms with Crippen LogP contribution in [0.4, 0.5) is 4.39 Å². The van der Waals surface area contributed by atoms with Gasteiger partial charge >= 0.3 is 0 Å². The predicted octanol–water partition coefficient (Wildman–Crippen LogP) is 5.27. The highest BCUT2D eigenvalue weighted by atomic mass is 35.5. The minimum atomic E-state index is -0.490. The number of aryl methyl sites for hydroxylation is 3. The number of aromatic nitrogens is 1. The van der Waals surface area contributed by atoms with Gasteiger partial charge in [-0.15, -0.1) is 11.3 Å². The maximum absolute atomic E-state index is 14.2. The van der Waals surface area contributed by atoms with Gasteiger partial charge in [0, 0.05) is 15.8 Å². The summed E-state index contributed by atoms with van der Waals surface area (Å²) in [6.45, 7) is 2.09. The van der Waals surface area contributed by atoms with E-state index in [1.165, 1.54) is 46.4 Å². The predicted molar refractivity (Wildman–Crippen MR) is 122 cm³/mol. The molecule has 0 fully saturated rings. The molecule has 30 heavy (non-hydrogen) atoms. The molecule has 0 radical (unpaired) electrons. The molecule has 0 unspecified atom stereocenters. The SMILES string of the molecule is Cc1cccc(-c2cc(-c3cc(F)c(Cl)cc3Cl)nc3sc4c(c23)CCCC4)c1.[Cl-]. The number of hydrogen-bond acceptors (Lipinski definition) is 2. The molecular weight excluding hydrogens is 460 g/mol. The highest BCUT2D eigenvalue weighted by molar-refractivity contribution is 7.19. The number of benzene rings is 2. The minimum Gasteiger partial charge on any atom is -1.00 e. The lowest BCUT2D eigenvalue weighted by Crippen LogP contribution is -3.00. The fourth-order valence-corrected chi connectivity index (χ4v) is 5.92. The van der Waals surface area contributed by atoms with Gasteiger partial charge in [0.25, 0.3) is 0 Å². The summed E-state index contributed by atoms with van der Waals surface area (Å²) in [4.78, 5) is 7.34. The minimum absolute atomic E-state index is 0. The summed E-state index contributed by atoms with van der Waals surface area (Å²) in [5.41, 5.74) is 6.16. The van der Waals surface area contributed by atoms with Crippen LogP contribution >= 0.6 is 34.5 Å². The van der Waals surface area contributed by atoms with E-state index in [0.717, 1.165) is 28.8 Å². The van der Waals surface area contributed by atoms with Crippen molar-refractivity contribution >= 4 is 44.8 Å². The molecular formula is C24H18Cl3FNS-. The van der Waals surface area contributed by atoms with E-state index in [1.807, 2.05) is 6.07 Å². The molecule has 0 bridgehead atoms. The Labute approximate surface area is 195 Å². The number of nitrogens with zero attached hydrogens (tertiary/aromatic N) is 1. The molecule has 4 aromatic rings. The van der Waals surface area contributed by atoms with Crippen LogP contribution in [-0.4, -0.2) is 4.98 Å². The monoisotopic (exact) mass is 476 g/mol. The van der Waals surface area contributed by atoms with E-state index in [9.17, 15) is 4.39 Å². The van der Waals surface area contributed by atoms with Crippen molar-refractivity contribution in [2.75, 3.05) is 0 Å². The molecule has 1 aliphatic rings. The lowest BCUT2D eigenvalue weighted by atomic mass is 9.91. The van der Waals surface area contributed by atoms with Gasteiger partial charge in [-0.1, -0.05) is 53.0 Å². The Morgan fingerprint density at radius 2 is 1.77 bits per heavy atom. The third-order valence-electron chi connectivity index (χ3n) is 5.54. The first kappa shape index (κ1) is 21.6. The van der Waals surface area contributed by atoms with Gasteiger partial charge in [0.15, 0.2) is 0 Å². The van der Waals surface area contributed by atoms with E-state index in [0.29, 0.717) is 16.3 Å². The fraction of sp³-hybridized carbons (Fsp3) is 0.208. The molecule has 0 spiro atoms. The average Bonchev–Trinajstić information content (AvgIpc) is 3.08. The zero-order valence-electron chi connectivity index (χ0n) is 16.2. The number of hydrogen-bond donors (Lipinski definition) is 0. The third-order valence-corrected chi connectivity index (χ3v) is 7.33. The molecule has 0 atom stereocenters. The molecule has 6 heteroatoms. The van der Waals surface area contributed by atoms with Crippen molar-refractivity contribution in [3.8, 4) is 22.4 Å². The molecule has 154 valence electrons. The highest BCUT2D eigenvalue weighted by Crippen LogP contribution is 2.43. The van der Waals surface area contributed by atoms with E-state index in [-0.39, 0.29) is 17.4 Å². The van der Waals surface area contributed by atoms with Gasteiger partial charge in [0.05, 0.1) is 15.7 Å². The molecule has 2 heterocycles. The Kier molecular flexibility index (Phi) is 6.09. The van der Waals surface area contributed by atoms with E-state index in [4.69, 9.17) is 28.2 Å². The lowest BCUT2D eigenvalue weighted by molar-refractivity contribution is -0.00000609. The molecule has 2 aromatic heterocycles. The van der Waals surface area contributed by atoms with Crippen molar-refractivity contribution in [1.82, 2.24) is 4.98 Å². The second-order valence-corrected chi connectivity index (χ2v) is 9.46. The Balaban J connectivity index is 0.00000218. The van der Waals surface area contributed by atoms with Crippen molar-refractivity contribution in [1.29, 1.82) is 0 Å². The topological polar surface area (TPSA) is 12.9 Å². The molecule has 0 saturated carbocycles. The Bertz CT molecular complexity index is 1270. The number of rotatable bonds is 2. The van der Waals surface area contributed by atoms with Crippen LogP contribution in [0.3, 0.4) is 0 Å². The van der Waals surface area contributed by atoms with Gasteiger partial charge in [-0.3, -0.25) is 0 Å². The van der Waals surface area contributed by atoms with Gasteiger partial charge in [-0.2, -0.15) is 0 Å². The molecule has 0 N–H and O–H groups in total. The summed E-state index contributed by atoms with van der Waals surface area (Å²) in [5.74, 6) is -0.490. The second kappa shape index (κ2) is 8.47. The van der Waals surface area contributed by atoms with Crippen LogP contribution in [0.1, 0.15) is 28.8 Å². The molecule has 5 rings (SSSR count). The van der Waals surface area contributed by atoms with Crippen LogP contribution < -0.4 is 12.4 Å². The Morgan fingerprint density at radius 1 is 0.967 bits per heavy atom. The second-order valence-electron chi connectivity index (χ2n) is 7.56. The normalized spacial score (nSPS) is 13.2. The van der Waals surface area contributed by atoms with E-state index in [1.54, 1.807) is 11.3 Å². The standard InChI is InChI=1S/C24H18Cl2FNS.ClH/c1-13-5-4-6-14(9-13)16-11-21(17-10-20(27)19(26)12-18(17)25)28-24-23(16)15-7-2-3-8-22(15)29-24;/h4-6,9-12H,2-3,7-8H2,1H3;1H/p-1. The quantitative estimate of drug-likeness (QED) is 0.359. The van der Waals surface area contributed by atoms with Crippen LogP contribution in [0.5, 0.6) is 0 Å². The highest BCUT2D eigenvalue weighted by Gasteiger charge is 2.22. The van der Waals surface area contributed by atoms with Crippen molar-refractivity contribution in [2.24, 2.45) is 0 Å². The zero-order chi connectivity index (χ0) is 20.1. The zero-order valence-corrected chi connectivity index (χ0v) is 19.3.